The SMILES string of the molecule is CC(O)(CCC1C2(CCC(Br)C1(C)C)CO2)C1CO1. The van der Waals surface area contributed by atoms with E-state index in [0.29, 0.717) is 17.4 Å². The Hall–Kier alpha value is 0.360. The van der Waals surface area contributed by atoms with Crippen molar-refractivity contribution in [1.82, 2.24) is 0 Å². The normalized spacial score (nSPS) is 46.9. The summed E-state index contributed by atoms with van der Waals surface area (Å²) in [5.41, 5.74) is -0.352. The highest BCUT2D eigenvalue weighted by Crippen LogP contribution is 2.58. The van der Waals surface area contributed by atoms with Gasteiger partial charge in [-0.05, 0) is 43.9 Å². The molecule has 1 spiro atoms. The summed E-state index contributed by atoms with van der Waals surface area (Å²) in [6.45, 7) is 8.20. The van der Waals surface area contributed by atoms with Crippen LogP contribution < -0.4 is 0 Å². The third kappa shape index (κ3) is 2.50. The number of hydrogen-bond acceptors (Lipinski definition) is 3. The molecular weight excluding hydrogens is 308 g/mol. The van der Waals surface area contributed by atoms with Crippen LogP contribution in [-0.4, -0.2) is 40.5 Å². The molecule has 3 nitrogen and oxygen atoms in total. The molecule has 2 aliphatic heterocycles. The van der Waals surface area contributed by atoms with E-state index in [9.17, 15) is 5.11 Å². The quantitative estimate of drug-likeness (QED) is 0.636. The molecule has 4 heteroatoms. The van der Waals surface area contributed by atoms with Crippen LogP contribution in [0.15, 0.2) is 0 Å². The van der Waals surface area contributed by atoms with E-state index in [-0.39, 0.29) is 17.1 Å². The van der Waals surface area contributed by atoms with Crippen molar-refractivity contribution >= 4 is 15.9 Å². The van der Waals surface area contributed by atoms with Gasteiger partial charge in [0.1, 0.15) is 6.10 Å². The Bertz CT molecular complexity index is 358. The van der Waals surface area contributed by atoms with Gasteiger partial charge in [-0.3, -0.25) is 0 Å². The van der Waals surface area contributed by atoms with Crippen LogP contribution in [0.3, 0.4) is 0 Å². The van der Waals surface area contributed by atoms with Crippen molar-refractivity contribution in [3.63, 3.8) is 0 Å². The van der Waals surface area contributed by atoms with Gasteiger partial charge in [0.25, 0.3) is 0 Å². The Kier molecular flexibility index (Phi) is 3.33. The summed E-state index contributed by atoms with van der Waals surface area (Å²) in [5.74, 6) is 0.517. The first-order valence-corrected chi connectivity index (χ1v) is 8.31. The Labute approximate surface area is 124 Å². The Morgan fingerprint density at radius 2 is 2.05 bits per heavy atom. The van der Waals surface area contributed by atoms with Gasteiger partial charge < -0.3 is 14.6 Å². The van der Waals surface area contributed by atoms with Gasteiger partial charge in [-0.1, -0.05) is 29.8 Å². The molecule has 0 amide bonds. The monoisotopic (exact) mass is 332 g/mol. The zero-order valence-electron chi connectivity index (χ0n) is 12.1. The Morgan fingerprint density at radius 3 is 2.58 bits per heavy atom. The highest BCUT2D eigenvalue weighted by atomic mass is 79.9. The van der Waals surface area contributed by atoms with Gasteiger partial charge in [0.2, 0.25) is 0 Å². The fraction of sp³-hybridized carbons (Fsp3) is 1.00. The summed E-state index contributed by atoms with van der Waals surface area (Å²) in [4.78, 5) is 0.543. The predicted octanol–water partition coefficient (Wildman–Crippen LogP) is 2.89. The smallest absolute Gasteiger partial charge is 0.109 e. The Balaban J connectivity index is 1.69. The van der Waals surface area contributed by atoms with E-state index in [2.05, 4.69) is 29.8 Å². The van der Waals surface area contributed by atoms with E-state index in [4.69, 9.17) is 9.47 Å². The van der Waals surface area contributed by atoms with Crippen molar-refractivity contribution in [3.8, 4) is 0 Å². The minimum Gasteiger partial charge on any atom is -0.387 e. The first kappa shape index (κ1) is 14.3. The third-order valence-electron chi connectivity index (χ3n) is 5.64. The standard InChI is InChI=1S/C15H25BrO3/c1-13(2)10(4-6-14(3,17)12-8-18-12)15(9-19-15)7-5-11(13)16/h10-12,17H,4-9H2,1-3H3. The molecule has 5 unspecified atom stereocenters. The van der Waals surface area contributed by atoms with Gasteiger partial charge in [0.15, 0.2) is 0 Å². The molecule has 3 aliphatic rings. The van der Waals surface area contributed by atoms with Gasteiger partial charge in [0, 0.05) is 4.83 Å². The molecule has 3 fully saturated rings. The van der Waals surface area contributed by atoms with E-state index in [1.165, 1.54) is 6.42 Å². The molecular formula is C15H25BrO3. The molecule has 0 aromatic heterocycles. The fourth-order valence-electron chi connectivity index (χ4n) is 3.89. The average molecular weight is 333 g/mol. The lowest BCUT2D eigenvalue weighted by Gasteiger charge is -2.47. The first-order chi connectivity index (χ1) is 8.78. The second-order valence-corrected chi connectivity index (χ2v) is 8.56. The van der Waals surface area contributed by atoms with Crippen molar-refractivity contribution in [1.29, 1.82) is 0 Å². The number of epoxide rings is 2. The number of hydrogen-bond donors (Lipinski definition) is 1. The molecule has 1 N–H and O–H groups in total. The van der Waals surface area contributed by atoms with Crippen LogP contribution in [0.4, 0.5) is 0 Å². The summed E-state index contributed by atoms with van der Waals surface area (Å²) >= 11 is 3.85. The summed E-state index contributed by atoms with van der Waals surface area (Å²) in [6.07, 6.45) is 4.21. The van der Waals surface area contributed by atoms with Gasteiger partial charge in [0.05, 0.1) is 24.4 Å². The van der Waals surface area contributed by atoms with E-state index >= 15 is 0 Å². The molecule has 2 heterocycles. The largest absolute Gasteiger partial charge is 0.387 e. The van der Waals surface area contributed by atoms with Gasteiger partial charge in [-0.15, -0.1) is 0 Å². The van der Waals surface area contributed by atoms with Crippen molar-refractivity contribution in [2.45, 2.75) is 68.6 Å². The van der Waals surface area contributed by atoms with Gasteiger partial charge in [-0.25, -0.2) is 0 Å². The van der Waals surface area contributed by atoms with Crippen LogP contribution in [0, 0.1) is 11.3 Å². The topological polar surface area (TPSA) is 45.3 Å². The van der Waals surface area contributed by atoms with Crippen LogP contribution in [0.1, 0.15) is 46.5 Å². The van der Waals surface area contributed by atoms with Crippen LogP contribution in [0.5, 0.6) is 0 Å². The second kappa shape index (κ2) is 4.43. The lowest BCUT2D eigenvalue weighted by atomic mass is 9.61. The lowest BCUT2D eigenvalue weighted by molar-refractivity contribution is -0.0111. The van der Waals surface area contributed by atoms with Crippen molar-refractivity contribution < 1.29 is 14.6 Å². The number of rotatable bonds is 4. The number of alkyl halides is 1. The molecule has 2 saturated heterocycles. The highest BCUT2D eigenvalue weighted by Gasteiger charge is 2.60. The van der Waals surface area contributed by atoms with Crippen LogP contribution in [0.25, 0.3) is 0 Å². The summed E-state index contributed by atoms with van der Waals surface area (Å²) in [5, 5.41) is 10.4. The molecule has 0 bridgehead atoms. The first-order valence-electron chi connectivity index (χ1n) is 7.40. The van der Waals surface area contributed by atoms with Crippen molar-refractivity contribution in [3.05, 3.63) is 0 Å². The molecule has 0 radical (unpaired) electrons. The third-order valence-corrected chi connectivity index (χ3v) is 7.28. The minimum absolute atomic E-state index is 0.0510. The molecule has 0 aromatic rings. The zero-order chi connectivity index (χ0) is 13.9. The summed E-state index contributed by atoms with van der Waals surface area (Å²) in [6, 6.07) is 0. The second-order valence-electron chi connectivity index (χ2n) is 7.45. The number of aliphatic hydroxyl groups is 1. The van der Waals surface area contributed by atoms with Crippen LogP contribution in [0.2, 0.25) is 0 Å². The van der Waals surface area contributed by atoms with Gasteiger partial charge in [-0.2, -0.15) is 0 Å². The molecule has 0 aromatic carbocycles. The van der Waals surface area contributed by atoms with E-state index in [1.54, 1.807) is 0 Å². The fourth-order valence-corrected chi connectivity index (χ4v) is 4.44. The Morgan fingerprint density at radius 1 is 1.42 bits per heavy atom. The number of halogens is 1. The van der Waals surface area contributed by atoms with E-state index in [1.807, 2.05) is 6.92 Å². The minimum atomic E-state index is -0.675. The van der Waals surface area contributed by atoms with E-state index < -0.39 is 5.60 Å². The van der Waals surface area contributed by atoms with Crippen LogP contribution in [-0.2, 0) is 9.47 Å². The maximum absolute atomic E-state index is 10.4. The van der Waals surface area contributed by atoms with Gasteiger partial charge >= 0.3 is 0 Å². The van der Waals surface area contributed by atoms with E-state index in [0.717, 1.165) is 25.9 Å². The molecule has 1 aliphatic carbocycles. The average Bonchev–Trinajstić information content (AvgIpc) is 3.17. The lowest BCUT2D eigenvalue weighted by Crippen LogP contribution is -2.48. The van der Waals surface area contributed by atoms with Crippen LogP contribution >= 0.6 is 15.9 Å². The molecule has 110 valence electrons. The highest BCUT2D eigenvalue weighted by molar-refractivity contribution is 9.09. The predicted molar refractivity (Wildman–Crippen MR) is 77.5 cm³/mol. The molecule has 5 atom stereocenters. The maximum atomic E-state index is 10.4. The van der Waals surface area contributed by atoms with Crippen molar-refractivity contribution in [2.24, 2.45) is 11.3 Å². The zero-order valence-corrected chi connectivity index (χ0v) is 13.7. The molecule has 19 heavy (non-hydrogen) atoms. The number of ether oxygens (including phenoxy) is 2. The molecule has 1 saturated carbocycles. The summed E-state index contributed by atoms with van der Waals surface area (Å²) < 4.78 is 11.1. The summed E-state index contributed by atoms with van der Waals surface area (Å²) in [7, 11) is 0. The van der Waals surface area contributed by atoms with Crippen molar-refractivity contribution in [2.75, 3.05) is 13.2 Å². The maximum Gasteiger partial charge on any atom is 0.109 e. The molecule has 3 rings (SSSR count).